The SMILES string of the molecule is CCCC(=O)OC1O[C@H](COC(=O)[C@@H](N)CC)[C@@H](O)[C@H](OC(O)CCC)[C@H]1NC(O)CCC. The molecular formula is C22H42N2O9. The highest BCUT2D eigenvalue weighted by Gasteiger charge is 2.49. The Balaban J connectivity index is 3.15. The summed E-state index contributed by atoms with van der Waals surface area (Å²) >= 11 is 0. The molecule has 11 nitrogen and oxygen atoms in total. The van der Waals surface area contributed by atoms with Gasteiger partial charge >= 0.3 is 11.9 Å². The number of hydrogen-bond acceptors (Lipinski definition) is 11. The largest absolute Gasteiger partial charge is 0.462 e. The average Bonchev–Trinajstić information content (AvgIpc) is 2.76. The zero-order chi connectivity index (χ0) is 25.0. The third-order valence-corrected chi connectivity index (χ3v) is 5.30. The lowest BCUT2D eigenvalue weighted by Crippen LogP contribution is -2.67. The van der Waals surface area contributed by atoms with Crippen LogP contribution in [0.2, 0.25) is 0 Å². The zero-order valence-corrected chi connectivity index (χ0v) is 20.1. The summed E-state index contributed by atoms with van der Waals surface area (Å²) in [5, 5.41) is 34.5. The van der Waals surface area contributed by atoms with Crippen LogP contribution in [0.4, 0.5) is 0 Å². The molecule has 1 fully saturated rings. The minimum atomic E-state index is -1.37. The van der Waals surface area contributed by atoms with Gasteiger partial charge in [-0.2, -0.15) is 0 Å². The summed E-state index contributed by atoms with van der Waals surface area (Å²) in [6.45, 7) is 6.95. The van der Waals surface area contributed by atoms with Crippen LogP contribution in [0.1, 0.15) is 72.6 Å². The van der Waals surface area contributed by atoms with Crippen molar-refractivity contribution in [3.63, 3.8) is 0 Å². The summed E-state index contributed by atoms with van der Waals surface area (Å²) < 4.78 is 22.2. The molecule has 0 aromatic rings. The molecule has 0 spiro atoms. The topological polar surface area (TPSA) is 170 Å². The number of aliphatic hydroxyl groups is 3. The number of rotatable bonds is 15. The highest BCUT2D eigenvalue weighted by molar-refractivity contribution is 5.75. The van der Waals surface area contributed by atoms with E-state index in [9.17, 15) is 24.9 Å². The maximum atomic E-state index is 12.2. The maximum Gasteiger partial charge on any atom is 0.322 e. The van der Waals surface area contributed by atoms with Crippen molar-refractivity contribution in [3.8, 4) is 0 Å². The Morgan fingerprint density at radius 3 is 2.33 bits per heavy atom. The lowest BCUT2D eigenvalue weighted by molar-refractivity contribution is -0.293. The van der Waals surface area contributed by atoms with Crippen molar-refractivity contribution in [3.05, 3.63) is 0 Å². The van der Waals surface area contributed by atoms with Gasteiger partial charge in [0.1, 0.15) is 43.2 Å². The van der Waals surface area contributed by atoms with Gasteiger partial charge in [0.15, 0.2) is 6.29 Å². The molecule has 0 bridgehead atoms. The van der Waals surface area contributed by atoms with Gasteiger partial charge in [0, 0.05) is 6.42 Å². The summed E-state index contributed by atoms with van der Waals surface area (Å²) in [4.78, 5) is 24.2. The van der Waals surface area contributed by atoms with E-state index in [1.54, 1.807) is 6.92 Å². The van der Waals surface area contributed by atoms with Crippen molar-refractivity contribution in [2.24, 2.45) is 5.73 Å². The first-order valence-electron chi connectivity index (χ1n) is 11.9. The second-order valence-corrected chi connectivity index (χ2v) is 8.26. The molecule has 3 unspecified atom stereocenters. The lowest BCUT2D eigenvalue weighted by atomic mass is 9.96. The highest BCUT2D eigenvalue weighted by atomic mass is 16.7. The maximum absolute atomic E-state index is 12.2. The van der Waals surface area contributed by atoms with Crippen LogP contribution in [0.5, 0.6) is 0 Å². The molecule has 33 heavy (non-hydrogen) atoms. The smallest absolute Gasteiger partial charge is 0.322 e. The van der Waals surface area contributed by atoms with Crippen LogP contribution in [0.15, 0.2) is 0 Å². The van der Waals surface area contributed by atoms with Gasteiger partial charge in [-0.05, 0) is 25.7 Å². The van der Waals surface area contributed by atoms with E-state index in [0.29, 0.717) is 38.5 Å². The van der Waals surface area contributed by atoms with Crippen LogP contribution in [0, 0.1) is 0 Å². The lowest BCUT2D eigenvalue weighted by Gasteiger charge is -2.45. The Kier molecular flexibility index (Phi) is 14.0. The molecular weight excluding hydrogens is 436 g/mol. The molecule has 1 aliphatic rings. The number of carbonyl (C=O) groups is 2. The highest BCUT2D eigenvalue weighted by Crippen LogP contribution is 2.27. The van der Waals surface area contributed by atoms with Crippen LogP contribution >= 0.6 is 0 Å². The molecule has 1 rings (SSSR count). The number of esters is 2. The summed E-state index contributed by atoms with van der Waals surface area (Å²) in [6, 6.07) is -1.81. The number of carbonyl (C=O) groups excluding carboxylic acids is 2. The molecule has 0 aromatic carbocycles. The van der Waals surface area contributed by atoms with Gasteiger partial charge < -0.3 is 40.0 Å². The first kappa shape index (κ1) is 29.7. The van der Waals surface area contributed by atoms with Crippen molar-refractivity contribution in [2.75, 3.05) is 6.61 Å². The number of hydrogen-bond donors (Lipinski definition) is 5. The van der Waals surface area contributed by atoms with E-state index in [-0.39, 0.29) is 13.0 Å². The second kappa shape index (κ2) is 15.5. The van der Waals surface area contributed by atoms with Gasteiger partial charge in [0.25, 0.3) is 0 Å². The summed E-state index contributed by atoms with van der Waals surface area (Å²) in [5.74, 6) is -1.19. The Labute approximate surface area is 195 Å². The van der Waals surface area contributed by atoms with Gasteiger partial charge in [0.2, 0.25) is 6.29 Å². The fourth-order valence-corrected chi connectivity index (χ4v) is 3.40. The third kappa shape index (κ3) is 9.81. The molecule has 0 radical (unpaired) electrons. The van der Waals surface area contributed by atoms with E-state index in [2.05, 4.69) is 5.32 Å². The molecule has 6 N–H and O–H groups in total. The summed E-state index contributed by atoms with van der Waals surface area (Å²) in [6.07, 6.45) is -4.01. The van der Waals surface area contributed by atoms with Crippen LogP contribution in [-0.2, 0) is 28.5 Å². The van der Waals surface area contributed by atoms with Crippen molar-refractivity contribution in [1.29, 1.82) is 0 Å². The molecule has 1 heterocycles. The summed E-state index contributed by atoms with van der Waals surface area (Å²) in [7, 11) is 0. The number of nitrogens with one attached hydrogen (secondary N) is 1. The average molecular weight is 479 g/mol. The van der Waals surface area contributed by atoms with Crippen molar-refractivity contribution in [1.82, 2.24) is 5.32 Å². The minimum Gasteiger partial charge on any atom is -0.462 e. The predicted octanol–water partition coefficient (Wildman–Crippen LogP) is 0.276. The zero-order valence-electron chi connectivity index (χ0n) is 20.1. The minimum absolute atomic E-state index is 0.141. The van der Waals surface area contributed by atoms with Crippen LogP contribution in [-0.4, -0.2) is 83.1 Å². The van der Waals surface area contributed by atoms with Crippen molar-refractivity contribution < 1.29 is 43.9 Å². The second-order valence-electron chi connectivity index (χ2n) is 8.26. The Morgan fingerprint density at radius 2 is 1.76 bits per heavy atom. The molecule has 1 saturated heterocycles. The fraction of sp³-hybridized carbons (Fsp3) is 0.909. The fourth-order valence-electron chi connectivity index (χ4n) is 3.40. The molecule has 0 aromatic heterocycles. The van der Waals surface area contributed by atoms with Crippen molar-refractivity contribution >= 4 is 11.9 Å². The van der Waals surface area contributed by atoms with Gasteiger partial charge in [-0.1, -0.05) is 40.5 Å². The van der Waals surface area contributed by atoms with Gasteiger partial charge in [-0.3, -0.25) is 14.9 Å². The van der Waals surface area contributed by atoms with E-state index in [1.807, 2.05) is 20.8 Å². The molecule has 1 aliphatic heterocycles. The molecule has 0 saturated carbocycles. The number of aliphatic hydroxyl groups excluding tert-OH is 3. The van der Waals surface area contributed by atoms with Crippen molar-refractivity contribution in [2.45, 2.75) is 122 Å². The summed E-state index contributed by atoms with van der Waals surface area (Å²) in [5.41, 5.74) is 5.68. The van der Waals surface area contributed by atoms with Crippen LogP contribution < -0.4 is 11.1 Å². The normalized spacial score (nSPS) is 28.1. The van der Waals surface area contributed by atoms with E-state index < -0.39 is 61.1 Å². The first-order chi connectivity index (χ1) is 15.7. The Bertz CT molecular complexity index is 580. The monoisotopic (exact) mass is 478 g/mol. The Hall–Kier alpha value is -1.34. The first-order valence-corrected chi connectivity index (χ1v) is 11.9. The van der Waals surface area contributed by atoms with Gasteiger partial charge in [0.05, 0.1) is 0 Å². The predicted molar refractivity (Wildman–Crippen MR) is 119 cm³/mol. The standard InChI is InChI=1S/C22H42N2O9/c1-5-9-15(25)24-18-20(32-16(26)10-6-2)19(28)14(12-30-21(29)13(23)8-4)31-22(18)33-17(27)11-7-3/h13-16,18-20,22,24-26,28H,5-12,23H2,1-4H3/t13-,14+,15?,16?,18+,19+,20+,22?/m0/s1. The van der Waals surface area contributed by atoms with Gasteiger partial charge in [-0.15, -0.1) is 0 Å². The molecule has 194 valence electrons. The van der Waals surface area contributed by atoms with E-state index in [0.717, 1.165) is 0 Å². The van der Waals surface area contributed by atoms with E-state index >= 15 is 0 Å². The van der Waals surface area contributed by atoms with Crippen LogP contribution in [0.25, 0.3) is 0 Å². The van der Waals surface area contributed by atoms with Crippen LogP contribution in [0.3, 0.4) is 0 Å². The Morgan fingerprint density at radius 1 is 1.09 bits per heavy atom. The third-order valence-electron chi connectivity index (χ3n) is 5.30. The molecule has 0 amide bonds. The number of nitrogens with two attached hydrogens (primary N) is 1. The quantitative estimate of drug-likeness (QED) is 0.162. The number of ether oxygens (including phenoxy) is 4. The van der Waals surface area contributed by atoms with Gasteiger partial charge in [-0.25, -0.2) is 0 Å². The molecule has 8 atom stereocenters. The molecule has 0 aliphatic carbocycles. The van der Waals surface area contributed by atoms with E-state index in [1.165, 1.54) is 0 Å². The van der Waals surface area contributed by atoms with E-state index in [4.69, 9.17) is 24.7 Å². The molecule has 11 heteroatoms.